The summed E-state index contributed by atoms with van der Waals surface area (Å²) in [6.45, 7) is 0. The van der Waals surface area contributed by atoms with Gasteiger partial charge in [-0.3, -0.25) is 15.1 Å². The fourth-order valence-corrected chi connectivity index (χ4v) is 4.69. The van der Waals surface area contributed by atoms with Crippen LogP contribution in [-0.2, 0) is 6.42 Å². The van der Waals surface area contributed by atoms with Gasteiger partial charge in [0.15, 0.2) is 0 Å². The van der Waals surface area contributed by atoms with Gasteiger partial charge in [0.1, 0.15) is 0 Å². The lowest BCUT2D eigenvalue weighted by molar-refractivity contribution is -0.385. The maximum atomic E-state index is 11.6. The lowest BCUT2D eigenvalue weighted by Crippen LogP contribution is -2.46. The van der Waals surface area contributed by atoms with Gasteiger partial charge in [-0.25, -0.2) is 0 Å². The van der Waals surface area contributed by atoms with Crippen LogP contribution in [0.3, 0.4) is 0 Å². The van der Waals surface area contributed by atoms with E-state index >= 15 is 0 Å². The number of benzene rings is 2. The summed E-state index contributed by atoms with van der Waals surface area (Å²) in [7, 11) is 0. The number of anilines is 1. The first-order chi connectivity index (χ1) is 14.4. The molecule has 10 heteroatoms. The van der Waals surface area contributed by atoms with Gasteiger partial charge in [0.2, 0.25) is 0 Å². The molecule has 0 spiro atoms. The molecule has 3 N–H and O–H groups in total. The number of nitrogens with two attached hydrogens (primary N) is 1. The maximum absolute atomic E-state index is 11.6. The highest BCUT2D eigenvalue weighted by Gasteiger charge is 2.37. The molecule has 3 aromatic rings. The van der Waals surface area contributed by atoms with Gasteiger partial charge < -0.3 is 11.1 Å². The van der Waals surface area contributed by atoms with Gasteiger partial charge >= 0.3 is 0 Å². The fraction of sp³-hybridized carbons (Fsp3) is 0.318. The molecule has 0 atom stereocenters. The van der Waals surface area contributed by atoms with E-state index in [0.717, 1.165) is 42.3 Å². The highest BCUT2D eigenvalue weighted by molar-refractivity contribution is 6.31. The molecular weight excluding hydrogens is 494 g/mol. The summed E-state index contributed by atoms with van der Waals surface area (Å²) in [6.07, 6.45) is 5.41. The number of rotatable bonds is 5. The predicted octanol–water partition coefficient (Wildman–Crippen LogP) is 6.59. The Morgan fingerprint density at radius 1 is 1.16 bits per heavy atom. The van der Waals surface area contributed by atoms with Crippen molar-refractivity contribution in [1.82, 2.24) is 4.98 Å². The van der Waals surface area contributed by atoms with E-state index in [1.54, 1.807) is 18.3 Å². The van der Waals surface area contributed by atoms with Crippen LogP contribution >= 0.6 is 48.0 Å². The van der Waals surface area contributed by atoms with Crippen molar-refractivity contribution in [3.63, 3.8) is 0 Å². The first-order valence-corrected chi connectivity index (χ1v) is 10.6. The van der Waals surface area contributed by atoms with Crippen LogP contribution in [0.1, 0.15) is 31.2 Å². The molecule has 1 aliphatic carbocycles. The molecule has 1 aliphatic rings. The van der Waals surface area contributed by atoms with Gasteiger partial charge in [-0.1, -0.05) is 29.3 Å². The normalized spacial score (nSPS) is 20.2. The number of halogens is 4. The average molecular weight is 518 g/mol. The van der Waals surface area contributed by atoms with E-state index in [9.17, 15) is 10.1 Å². The van der Waals surface area contributed by atoms with Crippen LogP contribution in [0.2, 0.25) is 10.0 Å². The second-order valence-electron chi connectivity index (χ2n) is 7.93. The van der Waals surface area contributed by atoms with Gasteiger partial charge in [-0.05, 0) is 56.0 Å². The van der Waals surface area contributed by atoms with Gasteiger partial charge in [-0.2, -0.15) is 0 Å². The van der Waals surface area contributed by atoms with Gasteiger partial charge in [-0.15, -0.1) is 24.8 Å². The summed E-state index contributed by atoms with van der Waals surface area (Å²) < 4.78 is 0. The van der Waals surface area contributed by atoms with Crippen molar-refractivity contribution in [3.8, 4) is 0 Å². The van der Waals surface area contributed by atoms with E-state index in [0.29, 0.717) is 22.0 Å². The number of hydrogen-bond acceptors (Lipinski definition) is 5. The number of hydrogen-bond donors (Lipinski definition) is 2. The maximum Gasteiger partial charge on any atom is 0.274 e. The Hall–Kier alpha value is -1.83. The Kier molecular flexibility index (Phi) is 8.97. The zero-order chi connectivity index (χ0) is 21.3. The van der Waals surface area contributed by atoms with Crippen molar-refractivity contribution in [1.29, 1.82) is 0 Å². The molecule has 6 nitrogen and oxygen atoms in total. The van der Waals surface area contributed by atoms with Crippen molar-refractivity contribution in [2.75, 3.05) is 5.32 Å². The quantitative estimate of drug-likeness (QED) is 0.294. The minimum atomic E-state index is -0.403. The fourth-order valence-electron chi connectivity index (χ4n) is 4.29. The molecule has 0 amide bonds. The monoisotopic (exact) mass is 516 g/mol. The Morgan fingerprint density at radius 2 is 1.88 bits per heavy atom. The summed E-state index contributed by atoms with van der Waals surface area (Å²) in [5, 5.41) is 17.3. The number of nitro benzene ring substituents is 1. The van der Waals surface area contributed by atoms with Crippen LogP contribution in [0.15, 0.2) is 48.7 Å². The summed E-state index contributed by atoms with van der Waals surface area (Å²) in [6, 6.07) is 12.5. The van der Waals surface area contributed by atoms with Crippen molar-refractivity contribution in [2.45, 2.75) is 43.7 Å². The van der Waals surface area contributed by atoms with E-state index in [1.165, 1.54) is 6.07 Å². The Morgan fingerprint density at radius 3 is 2.56 bits per heavy atom. The standard InChI is InChI=1S/C22H22Cl2N4O2.2ClH/c23-14-4-5-16-19(8-11-26-20(16)12-14)27-22(9-6-15(25)7-10-22)13-17-18(24)2-1-3-21(17)28(29)30;;/h1-5,8,11-12,15H,6-7,9-10,13,25H2,(H,26,27);2*1H. The molecule has 1 fully saturated rings. The molecule has 4 rings (SSSR count). The summed E-state index contributed by atoms with van der Waals surface area (Å²) in [4.78, 5) is 15.7. The van der Waals surface area contributed by atoms with Gasteiger partial charge in [0.25, 0.3) is 5.69 Å². The van der Waals surface area contributed by atoms with E-state index in [2.05, 4.69) is 10.3 Å². The molecule has 0 aliphatic heterocycles. The van der Waals surface area contributed by atoms with Crippen molar-refractivity contribution in [3.05, 3.63) is 74.4 Å². The first-order valence-electron chi connectivity index (χ1n) is 9.87. The van der Waals surface area contributed by atoms with Crippen LogP contribution in [0, 0.1) is 10.1 Å². The average Bonchev–Trinajstić information content (AvgIpc) is 2.71. The number of nitro groups is 1. The van der Waals surface area contributed by atoms with E-state index in [-0.39, 0.29) is 41.5 Å². The van der Waals surface area contributed by atoms with Gasteiger partial charge in [0.05, 0.1) is 21.0 Å². The summed E-state index contributed by atoms with van der Waals surface area (Å²) in [5.74, 6) is 0. The van der Waals surface area contributed by atoms with Crippen LogP contribution in [0.5, 0.6) is 0 Å². The third kappa shape index (κ3) is 5.56. The van der Waals surface area contributed by atoms with Crippen LogP contribution in [0.4, 0.5) is 11.4 Å². The van der Waals surface area contributed by atoms with Gasteiger partial charge in [0, 0.05) is 46.4 Å². The number of fused-ring (bicyclic) bond motifs is 1. The molecule has 2 aromatic carbocycles. The largest absolute Gasteiger partial charge is 0.379 e. The second-order valence-corrected chi connectivity index (χ2v) is 8.78. The van der Waals surface area contributed by atoms with Crippen LogP contribution < -0.4 is 11.1 Å². The Bertz CT molecular complexity index is 1100. The predicted molar refractivity (Wildman–Crippen MR) is 136 cm³/mol. The zero-order valence-corrected chi connectivity index (χ0v) is 20.2. The summed E-state index contributed by atoms with van der Waals surface area (Å²) in [5.41, 5.74) is 8.07. The minimum absolute atomic E-state index is 0. The number of nitrogens with zero attached hydrogens (tertiary/aromatic N) is 2. The first kappa shape index (κ1) is 26.4. The molecule has 0 radical (unpaired) electrons. The molecule has 1 saturated carbocycles. The van der Waals surface area contributed by atoms with Crippen molar-refractivity contribution >= 4 is 70.3 Å². The molecular formula is C22H24Cl4N4O2. The second kappa shape index (κ2) is 10.9. The van der Waals surface area contributed by atoms with E-state index in [4.69, 9.17) is 28.9 Å². The third-order valence-electron chi connectivity index (χ3n) is 5.90. The molecule has 32 heavy (non-hydrogen) atoms. The summed E-state index contributed by atoms with van der Waals surface area (Å²) >= 11 is 12.5. The number of aromatic nitrogens is 1. The SMILES string of the molecule is Cl.Cl.NC1CCC(Cc2c(Cl)cccc2[N+](=O)[O-])(Nc2ccnc3cc(Cl)ccc23)CC1. The van der Waals surface area contributed by atoms with Crippen LogP contribution in [-0.4, -0.2) is 21.5 Å². The molecule has 1 aromatic heterocycles. The van der Waals surface area contributed by atoms with E-state index < -0.39 is 5.54 Å². The topological polar surface area (TPSA) is 94.1 Å². The molecule has 1 heterocycles. The Balaban J connectivity index is 0.00000181. The molecule has 0 unspecified atom stereocenters. The number of nitrogens with one attached hydrogen (secondary N) is 1. The lowest BCUT2D eigenvalue weighted by atomic mass is 9.75. The van der Waals surface area contributed by atoms with E-state index in [1.807, 2.05) is 24.3 Å². The Labute approximate surface area is 208 Å². The minimum Gasteiger partial charge on any atom is -0.379 e. The number of pyridine rings is 1. The van der Waals surface area contributed by atoms with Crippen LogP contribution in [0.25, 0.3) is 10.9 Å². The lowest BCUT2D eigenvalue weighted by Gasteiger charge is -2.41. The van der Waals surface area contributed by atoms with Crippen molar-refractivity contribution < 1.29 is 4.92 Å². The highest BCUT2D eigenvalue weighted by atomic mass is 35.5. The molecule has 172 valence electrons. The van der Waals surface area contributed by atoms with Crippen molar-refractivity contribution in [2.24, 2.45) is 5.73 Å². The zero-order valence-electron chi connectivity index (χ0n) is 17.1. The third-order valence-corrected chi connectivity index (χ3v) is 6.49. The highest BCUT2D eigenvalue weighted by Crippen LogP contribution is 2.39. The molecule has 0 bridgehead atoms. The smallest absolute Gasteiger partial charge is 0.274 e. The molecule has 0 saturated heterocycles.